The number of fused-ring (bicyclic) bond motifs is 1. The molecule has 29 heavy (non-hydrogen) atoms. The van der Waals surface area contributed by atoms with E-state index in [0.717, 1.165) is 5.56 Å². The number of para-hydroxylation sites is 2. The standard InChI is InChI=1S/C20H17N3O4S2/c1-20(2)19(26)22-13-5-3-4-6-15(13)23(20)16(24)9-27-18(25)14-11-29-17(21-14)12-7-8-28-10-12/h3-8,10-11H,9H2,1-2H3,(H,22,26). The molecule has 1 N–H and O–H groups in total. The summed E-state index contributed by atoms with van der Waals surface area (Å²) in [6.07, 6.45) is 0. The largest absolute Gasteiger partial charge is 0.451 e. The lowest BCUT2D eigenvalue weighted by Crippen LogP contribution is -2.59. The maximum Gasteiger partial charge on any atom is 0.358 e. The number of aromatic nitrogens is 1. The Labute approximate surface area is 175 Å². The van der Waals surface area contributed by atoms with Gasteiger partial charge in [-0.1, -0.05) is 12.1 Å². The van der Waals surface area contributed by atoms with E-state index in [0.29, 0.717) is 16.4 Å². The molecule has 2 amide bonds. The van der Waals surface area contributed by atoms with E-state index in [1.807, 2.05) is 16.8 Å². The summed E-state index contributed by atoms with van der Waals surface area (Å²) in [5.41, 5.74) is 1.07. The third-order valence-corrected chi connectivity index (χ3v) is 6.14. The topological polar surface area (TPSA) is 88.6 Å². The molecule has 0 unspecified atom stereocenters. The zero-order chi connectivity index (χ0) is 20.6. The van der Waals surface area contributed by atoms with Crippen LogP contribution in [-0.2, 0) is 14.3 Å². The van der Waals surface area contributed by atoms with Crippen LogP contribution in [0.25, 0.3) is 10.6 Å². The van der Waals surface area contributed by atoms with Gasteiger partial charge < -0.3 is 10.1 Å². The maximum absolute atomic E-state index is 12.9. The first-order valence-electron chi connectivity index (χ1n) is 8.76. The smallest absolute Gasteiger partial charge is 0.358 e. The van der Waals surface area contributed by atoms with Crippen molar-refractivity contribution in [1.29, 1.82) is 0 Å². The molecule has 0 radical (unpaired) electrons. The molecule has 0 saturated heterocycles. The normalized spacial score (nSPS) is 14.8. The Morgan fingerprint density at radius 1 is 1.21 bits per heavy atom. The van der Waals surface area contributed by atoms with Crippen LogP contribution >= 0.6 is 22.7 Å². The van der Waals surface area contributed by atoms with Crippen molar-refractivity contribution in [3.63, 3.8) is 0 Å². The number of nitrogens with zero attached hydrogens (tertiary/aromatic N) is 2. The van der Waals surface area contributed by atoms with Crippen LogP contribution in [0, 0.1) is 0 Å². The zero-order valence-electron chi connectivity index (χ0n) is 15.7. The molecule has 1 aromatic carbocycles. The lowest BCUT2D eigenvalue weighted by atomic mass is 9.96. The SMILES string of the molecule is CC1(C)C(=O)Nc2ccccc2N1C(=O)COC(=O)c1csc(-c2ccsc2)n1. The summed E-state index contributed by atoms with van der Waals surface area (Å²) in [4.78, 5) is 43.4. The van der Waals surface area contributed by atoms with Gasteiger partial charge in [-0.05, 0) is 37.4 Å². The summed E-state index contributed by atoms with van der Waals surface area (Å²) < 4.78 is 5.20. The minimum atomic E-state index is -1.12. The van der Waals surface area contributed by atoms with Crippen molar-refractivity contribution < 1.29 is 19.1 Å². The van der Waals surface area contributed by atoms with Gasteiger partial charge in [-0.15, -0.1) is 11.3 Å². The average Bonchev–Trinajstić information content (AvgIpc) is 3.38. The number of thiazole rings is 1. The number of esters is 1. The minimum Gasteiger partial charge on any atom is -0.451 e. The van der Waals surface area contributed by atoms with Crippen LogP contribution in [0.4, 0.5) is 11.4 Å². The van der Waals surface area contributed by atoms with E-state index in [9.17, 15) is 14.4 Å². The molecule has 4 rings (SSSR count). The molecule has 3 heterocycles. The molecule has 0 fully saturated rings. The van der Waals surface area contributed by atoms with Crippen molar-refractivity contribution >= 4 is 51.8 Å². The molecule has 0 spiro atoms. The zero-order valence-corrected chi connectivity index (χ0v) is 17.3. The second-order valence-electron chi connectivity index (χ2n) is 6.89. The number of hydrogen-bond acceptors (Lipinski definition) is 7. The number of carbonyl (C=O) groups excluding carboxylic acids is 3. The first-order chi connectivity index (χ1) is 13.9. The number of carbonyl (C=O) groups is 3. The van der Waals surface area contributed by atoms with Gasteiger partial charge in [-0.3, -0.25) is 14.5 Å². The van der Waals surface area contributed by atoms with Gasteiger partial charge in [-0.2, -0.15) is 11.3 Å². The summed E-state index contributed by atoms with van der Waals surface area (Å²) in [5, 5.41) is 8.99. The highest BCUT2D eigenvalue weighted by Gasteiger charge is 2.43. The van der Waals surface area contributed by atoms with E-state index < -0.39 is 24.0 Å². The fourth-order valence-corrected chi connectivity index (χ4v) is 4.55. The summed E-state index contributed by atoms with van der Waals surface area (Å²) in [7, 11) is 0. The first-order valence-corrected chi connectivity index (χ1v) is 10.6. The van der Waals surface area contributed by atoms with Gasteiger partial charge in [0, 0.05) is 16.3 Å². The number of benzene rings is 1. The summed E-state index contributed by atoms with van der Waals surface area (Å²) in [6.45, 7) is 2.80. The molecule has 0 saturated carbocycles. The second-order valence-corrected chi connectivity index (χ2v) is 8.52. The number of nitrogens with one attached hydrogen (secondary N) is 1. The third-order valence-electron chi connectivity index (χ3n) is 4.57. The van der Waals surface area contributed by atoms with Crippen LogP contribution in [0.2, 0.25) is 0 Å². The third kappa shape index (κ3) is 3.54. The molecule has 0 bridgehead atoms. The van der Waals surface area contributed by atoms with E-state index in [1.165, 1.54) is 16.2 Å². The number of rotatable bonds is 4. The van der Waals surface area contributed by atoms with Crippen molar-refractivity contribution in [3.8, 4) is 10.6 Å². The van der Waals surface area contributed by atoms with Gasteiger partial charge in [0.05, 0.1) is 11.4 Å². The van der Waals surface area contributed by atoms with Gasteiger partial charge in [0.2, 0.25) is 5.91 Å². The molecule has 9 heteroatoms. The number of hydrogen-bond donors (Lipinski definition) is 1. The summed E-state index contributed by atoms with van der Waals surface area (Å²) in [5.74, 6) is -1.47. The number of ether oxygens (including phenoxy) is 1. The molecule has 3 aromatic rings. The monoisotopic (exact) mass is 427 g/mol. The number of thiophene rings is 1. The predicted octanol–water partition coefficient (Wildman–Crippen LogP) is 3.79. The van der Waals surface area contributed by atoms with Crippen molar-refractivity contribution in [3.05, 3.63) is 52.2 Å². The van der Waals surface area contributed by atoms with Crippen molar-refractivity contribution in [2.75, 3.05) is 16.8 Å². The van der Waals surface area contributed by atoms with Crippen molar-refractivity contribution in [1.82, 2.24) is 4.98 Å². The molecular formula is C20H17N3O4S2. The van der Waals surface area contributed by atoms with Crippen LogP contribution < -0.4 is 10.2 Å². The molecular weight excluding hydrogens is 410 g/mol. The number of amides is 2. The van der Waals surface area contributed by atoms with E-state index in [2.05, 4.69) is 10.3 Å². The Balaban J connectivity index is 1.49. The van der Waals surface area contributed by atoms with Crippen LogP contribution in [0.5, 0.6) is 0 Å². The van der Waals surface area contributed by atoms with Crippen LogP contribution in [0.1, 0.15) is 24.3 Å². The lowest BCUT2D eigenvalue weighted by Gasteiger charge is -2.41. The predicted molar refractivity (Wildman–Crippen MR) is 112 cm³/mol. The van der Waals surface area contributed by atoms with Crippen LogP contribution in [-0.4, -0.2) is 34.9 Å². The van der Waals surface area contributed by atoms with Crippen molar-refractivity contribution in [2.24, 2.45) is 0 Å². The Morgan fingerprint density at radius 2 is 2.00 bits per heavy atom. The average molecular weight is 428 g/mol. The fourth-order valence-electron chi connectivity index (χ4n) is 3.05. The second kappa shape index (κ2) is 7.41. The first kappa shape index (κ1) is 19.3. The van der Waals surface area contributed by atoms with Gasteiger partial charge in [-0.25, -0.2) is 9.78 Å². The quantitative estimate of drug-likeness (QED) is 0.640. The fraction of sp³-hybridized carbons (Fsp3) is 0.200. The Morgan fingerprint density at radius 3 is 2.76 bits per heavy atom. The van der Waals surface area contributed by atoms with Crippen LogP contribution in [0.3, 0.4) is 0 Å². The van der Waals surface area contributed by atoms with Crippen molar-refractivity contribution in [2.45, 2.75) is 19.4 Å². The summed E-state index contributed by atoms with van der Waals surface area (Å²) >= 11 is 2.88. The van der Waals surface area contributed by atoms with Crippen LogP contribution in [0.15, 0.2) is 46.5 Å². The van der Waals surface area contributed by atoms with E-state index in [-0.39, 0.29) is 11.6 Å². The van der Waals surface area contributed by atoms with Gasteiger partial charge >= 0.3 is 5.97 Å². The Kier molecular flexibility index (Phi) is 4.93. The highest BCUT2D eigenvalue weighted by atomic mass is 32.1. The van der Waals surface area contributed by atoms with Gasteiger partial charge in [0.15, 0.2) is 12.3 Å². The molecule has 7 nitrogen and oxygen atoms in total. The highest BCUT2D eigenvalue weighted by Crippen LogP contribution is 2.36. The molecule has 148 valence electrons. The molecule has 0 aliphatic carbocycles. The molecule has 0 atom stereocenters. The van der Waals surface area contributed by atoms with Gasteiger partial charge in [0.1, 0.15) is 10.5 Å². The number of anilines is 2. The van der Waals surface area contributed by atoms with E-state index >= 15 is 0 Å². The van der Waals surface area contributed by atoms with E-state index in [1.54, 1.807) is 54.8 Å². The lowest BCUT2D eigenvalue weighted by molar-refractivity contribution is -0.128. The molecule has 2 aromatic heterocycles. The Bertz CT molecular complexity index is 1090. The summed E-state index contributed by atoms with van der Waals surface area (Å²) in [6, 6.07) is 8.93. The Hall–Kier alpha value is -3.04. The highest BCUT2D eigenvalue weighted by molar-refractivity contribution is 7.14. The molecule has 1 aliphatic heterocycles. The maximum atomic E-state index is 12.9. The van der Waals surface area contributed by atoms with Gasteiger partial charge in [0.25, 0.3) is 5.91 Å². The minimum absolute atomic E-state index is 0.153. The van der Waals surface area contributed by atoms with E-state index in [4.69, 9.17) is 4.74 Å². The molecule has 1 aliphatic rings.